The number of amides is 1. The Bertz CT molecular complexity index is 1390. The third-order valence-electron chi connectivity index (χ3n) is 5.00. The standard InChI is InChI=1S/C24H23N5O3S2/c1-28(20-12-6-3-7-13-20)34(31,32)21-14-8-11-19(15-21)26-23(30)17-33-24-27-22(16-29(24)25)18-9-4-2-5-10-18/h2-16H,17,25H2,1H3,(H,26,30). The second-order valence-electron chi connectivity index (χ2n) is 7.35. The number of benzene rings is 3. The first kappa shape index (κ1) is 23.4. The van der Waals surface area contributed by atoms with Gasteiger partial charge in [0.25, 0.3) is 10.0 Å². The Hall–Kier alpha value is -3.76. The Morgan fingerprint density at radius 1 is 1.03 bits per heavy atom. The Labute approximate surface area is 202 Å². The van der Waals surface area contributed by atoms with E-state index in [1.165, 1.54) is 39.9 Å². The fourth-order valence-corrected chi connectivity index (χ4v) is 5.17. The van der Waals surface area contributed by atoms with Crippen molar-refractivity contribution in [3.8, 4) is 11.3 Å². The molecule has 10 heteroatoms. The second kappa shape index (κ2) is 10.0. The molecule has 0 aliphatic heterocycles. The zero-order valence-corrected chi connectivity index (χ0v) is 20.0. The number of nitrogens with two attached hydrogens (primary N) is 1. The van der Waals surface area contributed by atoms with Crippen molar-refractivity contribution in [2.24, 2.45) is 0 Å². The van der Waals surface area contributed by atoms with Crippen LogP contribution in [0.1, 0.15) is 0 Å². The number of nitrogen functional groups attached to an aromatic ring is 1. The van der Waals surface area contributed by atoms with E-state index in [1.54, 1.807) is 42.6 Å². The number of hydrogen-bond acceptors (Lipinski definition) is 6. The van der Waals surface area contributed by atoms with Crippen molar-refractivity contribution in [2.75, 3.05) is 28.3 Å². The lowest BCUT2D eigenvalue weighted by atomic mass is 10.2. The van der Waals surface area contributed by atoms with E-state index in [9.17, 15) is 13.2 Å². The lowest BCUT2D eigenvalue weighted by molar-refractivity contribution is -0.113. The highest BCUT2D eigenvalue weighted by Crippen LogP contribution is 2.25. The van der Waals surface area contributed by atoms with Gasteiger partial charge in [-0.3, -0.25) is 9.10 Å². The monoisotopic (exact) mass is 493 g/mol. The number of aromatic nitrogens is 2. The number of nitrogens with zero attached hydrogens (tertiary/aromatic N) is 3. The number of imidazole rings is 1. The Morgan fingerprint density at radius 3 is 2.41 bits per heavy atom. The maximum absolute atomic E-state index is 13.0. The molecule has 3 N–H and O–H groups in total. The number of nitrogens with one attached hydrogen (secondary N) is 1. The van der Waals surface area contributed by atoms with Crippen molar-refractivity contribution in [1.82, 2.24) is 9.66 Å². The maximum atomic E-state index is 13.0. The van der Waals surface area contributed by atoms with Crippen LogP contribution in [0.3, 0.4) is 0 Å². The number of carbonyl (C=O) groups excluding carboxylic acids is 1. The SMILES string of the molecule is CN(c1ccccc1)S(=O)(=O)c1cccc(NC(=O)CSc2nc(-c3ccccc3)cn2N)c1. The molecule has 0 radical (unpaired) electrons. The van der Waals surface area contributed by atoms with Gasteiger partial charge in [0.1, 0.15) is 0 Å². The van der Waals surface area contributed by atoms with Crippen molar-refractivity contribution in [3.63, 3.8) is 0 Å². The molecule has 1 heterocycles. The maximum Gasteiger partial charge on any atom is 0.264 e. The van der Waals surface area contributed by atoms with Gasteiger partial charge >= 0.3 is 0 Å². The van der Waals surface area contributed by atoms with Crippen LogP contribution < -0.4 is 15.5 Å². The molecule has 4 rings (SSSR count). The molecule has 0 fully saturated rings. The summed E-state index contributed by atoms with van der Waals surface area (Å²) in [7, 11) is -2.30. The minimum absolute atomic E-state index is 0.0589. The van der Waals surface area contributed by atoms with Gasteiger partial charge < -0.3 is 11.2 Å². The zero-order valence-electron chi connectivity index (χ0n) is 18.3. The summed E-state index contributed by atoms with van der Waals surface area (Å²) < 4.78 is 28.6. The second-order valence-corrected chi connectivity index (χ2v) is 10.3. The van der Waals surface area contributed by atoms with Crippen LogP contribution >= 0.6 is 11.8 Å². The van der Waals surface area contributed by atoms with Gasteiger partial charge in [0, 0.05) is 18.3 Å². The molecule has 174 valence electrons. The summed E-state index contributed by atoms with van der Waals surface area (Å²) in [6, 6.07) is 24.6. The Morgan fingerprint density at radius 2 is 1.71 bits per heavy atom. The molecule has 0 bridgehead atoms. The molecule has 0 atom stereocenters. The predicted octanol–water partition coefficient (Wildman–Crippen LogP) is 3.82. The van der Waals surface area contributed by atoms with Crippen LogP contribution in [0, 0.1) is 0 Å². The smallest absolute Gasteiger partial charge is 0.264 e. The van der Waals surface area contributed by atoms with E-state index in [4.69, 9.17) is 5.84 Å². The first-order valence-electron chi connectivity index (χ1n) is 10.3. The van der Waals surface area contributed by atoms with Gasteiger partial charge in [-0.2, -0.15) is 0 Å². The predicted molar refractivity (Wildman–Crippen MR) is 136 cm³/mol. The quantitative estimate of drug-likeness (QED) is 0.285. The van der Waals surface area contributed by atoms with Crippen molar-refractivity contribution in [3.05, 3.63) is 91.1 Å². The molecule has 0 saturated heterocycles. The van der Waals surface area contributed by atoms with Crippen LogP contribution in [0.25, 0.3) is 11.3 Å². The van der Waals surface area contributed by atoms with E-state index in [1.807, 2.05) is 36.4 Å². The van der Waals surface area contributed by atoms with Gasteiger partial charge in [0.05, 0.1) is 28.2 Å². The summed E-state index contributed by atoms with van der Waals surface area (Å²) in [4.78, 5) is 17.1. The van der Waals surface area contributed by atoms with Crippen molar-refractivity contribution in [2.45, 2.75) is 10.1 Å². The van der Waals surface area contributed by atoms with E-state index in [2.05, 4.69) is 10.3 Å². The average molecular weight is 494 g/mol. The van der Waals surface area contributed by atoms with Crippen LogP contribution in [0.15, 0.2) is 101 Å². The molecule has 34 heavy (non-hydrogen) atoms. The van der Waals surface area contributed by atoms with Crippen LogP contribution in [-0.4, -0.2) is 36.8 Å². The highest BCUT2D eigenvalue weighted by molar-refractivity contribution is 7.99. The van der Waals surface area contributed by atoms with E-state index >= 15 is 0 Å². The molecule has 3 aromatic carbocycles. The van der Waals surface area contributed by atoms with Gasteiger partial charge in [-0.15, -0.1) is 0 Å². The van der Waals surface area contributed by atoms with Crippen molar-refractivity contribution >= 4 is 39.1 Å². The molecule has 0 unspecified atom stereocenters. The van der Waals surface area contributed by atoms with Crippen molar-refractivity contribution in [1.29, 1.82) is 0 Å². The van der Waals surface area contributed by atoms with Gasteiger partial charge in [-0.05, 0) is 30.3 Å². The molecular formula is C24H23N5O3S2. The summed E-state index contributed by atoms with van der Waals surface area (Å²) in [6.45, 7) is 0. The molecule has 1 amide bonds. The summed E-state index contributed by atoms with van der Waals surface area (Å²) in [5.74, 6) is 5.75. The fraction of sp³-hybridized carbons (Fsp3) is 0.0833. The summed E-state index contributed by atoms with van der Waals surface area (Å²) in [5, 5.41) is 3.24. The first-order chi connectivity index (χ1) is 16.3. The van der Waals surface area contributed by atoms with E-state index in [0.29, 0.717) is 22.2 Å². The number of carbonyl (C=O) groups is 1. The normalized spacial score (nSPS) is 11.2. The minimum atomic E-state index is -3.79. The molecule has 0 aliphatic rings. The van der Waals surface area contributed by atoms with E-state index < -0.39 is 10.0 Å². The highest BCUT2D eigenvalue weighted by Gasteiger charge is 2.21. The highest BCUT2D eigenvalue weighted by atomic mass is 32.2. The van der Waals surface area contributed by atoms with E-state index in [-0.39, 0.29) is 16.6 Å². The number of anilines is 2. The number of para-hydroxylation sites is 1. The number of rotatable bonds is 8. The summed E-state index contributed by atoms with van der Waals surface area (Å²) in [6.07, 6.45) is 1.70. The Kier molecular flexibility index (Phi) is 6.90. The molecule has 0 saturated carbocycles. The lowest BCUT2D eigenvalue weighted by Crippen LogP contribution is -2.26. The third-order valence-corrected chi connectivity index (χ3v) is 7.74. The topological polar surface area (TPSA) is 110 Å². The largest absolute Gasteiger partial charge is 0.337 e. The van der Waals surface area contributed by atoms with Gasteiger partial charge in [-0.1, -0.05) is 66.4 Å². The molecule has 0 spiro atoms. The molecule has 4 aromatic rings. The summed E-state index contributed by atoms with van der Waals surface area (Å²) in [5.41, 5.74) is 2.57. The Balaban J connectivity index is 1.42. The molecular weight excluding hydrogens is 470 g/mol. The van der Waals surface area contributed by atoms with E-state index in [0.717, 1.165) is 5.56 Å². The average Bonchev–Trinajstić information content (AvgIpc) is 3.24. The zero-order chi connectivity index (χ0) is 24.1. The van der Waals surface area contributed by atoms with Gasteiger partial charge in [-0.25, -0.2) is 18.1 Å². The lowest BCUT2D eigenvalue weighted by Gasteiger charge is -2.19. The molecule has 0 aliphatic carbocycles. The van der Waals surface area contributed by atoms with Crippen molar-refractivity contribution < 1.29 is 13.2 Å². The summed E-state index contributed by atoms with van der Waals surface area (Å²) >= 11 is 1.19. The minimum Gasteiger partial charge on any atom is -0.337 e. The number of sulfonamides is 1. The van der Waals surface area contributed by atoms with Crippen LogP contribution in [0.2, 0.25) is 0 Å². The molecule has 8 nitrogen and oxygen atoms in total. The first-order valence-corrected chi connectivity index (χ1v) is 12.7. The van der Waals surface area contributed by atoms with Gasteiger partial charge in [0.15, 0.2) is 5.16 Å². The molecule has 1 aromatic heterocycles. The number of thioether (sulfide) groups is 1. The third kappa shape index (κ3) is 5.24. The number of hydrogen-bond donors (Lipinski definition) is 2. The van der Waals surface area contributed by atoms with Gasteiger partial charge in [0.2, 0.25) is 5.91 Å². The van der Waals surface area contributed by atoms with Crippen LogP contribution in [0.5, 0.6) is 0 Å². The van der Waals surface area contributed by atoms with Crippen LogP contribution in [0.4, 0.5) is 11.4 Å². The fourth-order valence-electron chi connectivity index (χ4n) is 3.23. The van der Waals surface area contributed by atoms with Crippen LogP contribution in [-0.2, 0) is 14.8 Å².